The Balaban J connectivity index is 2.05. The van der Waals surface area contributed by atoms with Gasteiger partial charge in [0.15, 0.2) is 0 Å². The van der Waals surface area contributed by atoms with Crippen molar-refractivity contribution >= 4 is 11.4 Å². The third-order valence-corrected chi connectivity index (χ3v) is 3.89. The minimum Gasteiger partial charge on any atom is -0.382 e. The van der Waals surface area contributed by atoms with Gasteiger partial charge >= 0.3 is 0 Å². The highest BCUT2D eigenvalue weighted by Gasteiger charge is 2.21. The molecule has 0 bridgehead atoms. The summed E-state index contributed by atoms with van der Waals surface area (Å²) in [5, 5.41) is 14.2. The Kier molecular flexibility index (Phi) is 3.84. The fourth-order valence-electron chi connectivity index (χ4n) is 2.79. The Morgan fingerprint density at radius 2 is 2.06 bits per heavy atom. The van der Waals surface area contributed by atoms with E-state index in [0.717, 1.165) is 11.6 Å². The second kappa shape index (κ2) is 5.38. The zero-order valence-electron chi connectivity index (χ0n) is 11.0. The van der Waals surface area contributed by atoms with Crippen molar-refractivity contribution in [2.75, 3.05) is 5.32 Å². The van der Waals surface area contributed by atoms with Crippen LogP contribution in [0.3, 0.4) is 0 Å². The Labute approximate surface area is 108 Å². The first-order valence-corrected chi connectivity index (χ1v) is 6.59. The van der Waals surface area contributed by atoms with Gasteiger partial charge in [0.25, 0.3) is 5.69 Å². The molecule has 0 spiro atoms. The number of benzene rings is 1. The largest absolute Gasteiger partial charge is 0.382 e. The predicted molar refractivity (Wildman–Crippen MR) is 72.9 cm³/mol. The molecule has 0 heterocycles. The maximum atomic E-state index is 10.7. The maximum absolute atomic E-state index is 10.7. The molecule has 1 N–H and O–H groups in total. The SMILES string of the molecule is Cc1cc(NC(C)C2CCCC2)ccc1[N+](=O)[O-]. The average molecular weight is 248 g/mol. The Morgan fingerprint density at radius 1 is 1.39 bits per heavy atom. The molecule has 0 aromatic heterocycles. The number of nitrogens with zero attached hydrogens (tertiary/aromatic N) is 1. The number of nitro groups is 1. The van der Waals surface area contributed by atoms with Crippen molar-refractivity contribution in [1.29, 1.82) is 0 Å². The Morgan fingerprint density at radius 3 is 2.61 bits per heavy atom. The molecule has 0 saturated heterocycles. The van der Waals surface area contributed by atoms with Crippen LogP contribution >= 0.6 is 0 Å². The van der Waals surface area contributed by atoms with Gasteiger partial charge in [0, 0.05) is 23.4 Å². The third kappa shape index (κ3) is 2.81. The quantitative estimate of drug-likeness (QED) is 0.649. The minimum atomic E-state index is -0.334. The van der Waals surface area contributed by atoms with Crippen LogP contribution in [0.4, 0.5) is 11.4 Å². The summed E-state index contributed by atoms with van der Waals surface area (Å²) in [4.78, 5) is 10.4. The first-order chi connectivity index (χ1) is 8.58. The van der Waals surface area contributed by atoms with E-state index in [0.29, 0.717) is 11.6 Å². The van der Waals surface area contributed by atoms with E-state index < -0.39 is 0 Å². The lowest BCUT2D eigenvalue weighted by Gasteiger charge is -2.21. The molecule has 98 valence electrons. The highest BCUT2D eigenvalue weighted by atomic mass is 16.6. The number of nitro benzene ring substituents is 1. The van der Waals surface area contributed by atoms with Crippen LogP contribution in [0.1, 0.15) is 38.2 Å². The molecule has 1 saturated carbocycles. The van der Waals surface area contributed by atoms with Crippen molar-refractivity contribution < 1.29 is 4.92 Å². The van der Waals surface area contributed by atoms with E-state index in [1.807, 2.05) is 6.07 Å². The summed E-state index contributed by atoms with van der Waals surface area (Å²) in [5.41, 5.74) is 1.88. The zero-order valence-corrected chi connectivity index (χ0v) is 11.0. The summed E-state index contributed by atoms with van der Waals surface area (Å²) >= 11 is 0. The molecule has 4 nitrogen and oxygen atoms in total. The standard InChI is InChI=1S/C14H20N2O2/c1-10-9-13(7-8-14(10)16(17)18)15-11(2)12-5-3-4-6-12/h7-9,11-12,15H,3-6H2,1-2H3. The molecular formula is C14H20N2O2. The predicted octanol–water partition coefficient (Wildman–Crippen LogP) is 3.89. The number of hydrogen-bond acceptors (Lipinski definition) is 3. The van der Waals surface area contributed by atoms with Crippen LogP contribution in [-0.4, -0.2) is 11.0 Å². The molecule has 0 radical (unpaired) electrons. The number of rotatable bonds is 4. The highest BCUT2D eigenvalue weighted by Crippen LogP contribution is 2.30. The van der Waals surface area contributed by atoms with Crippen LogP contribution in [0.25, 0.3) is 0 Å². The van der Waals surface area contributed by atoms with Gasteiger partial charge in [-0.25, -0.2) is 0 Å². The van der Waals surface area contributed by atoms with Crippen LogP contribution in [-0.2, 0) is 0 Å². The molecule has 1 unspecified atom stereocenters. The summed E-state index contributed by atoms with van der Waals surface area (Å²) in [7, 11) is 0. The molecular weight excluding hydrogens is 228 g/mol. The topological polar surface area (TPSA) is 55.2 Å². The maximum Gasteiger partial charge on any atom is 0.272 e. The van der Waals surface area contributed by atoms with E-state index in [2.05, 4.69) is 12.2 Å². The first kappa shape index (κ1) is 12.9. The van der Waals surface area contributed by atoms with Crippen LogP contribution < -0.4 is 5.32 Å². The van der Waals surface area contributed by atoms with Gasteiger partial charge in [-0.2, -0.15) is 0 Å². The summed E-state index contributed by atoms with van der Waals surface area (Å²) < 4.78 is 0. The lowest BCUT2D eigenvalue weighted by molar-refractivity contribution is -0.385. The normalized spacial score (nSPS) is 17.7. The molecule has 1 fully saturated rings. The van der Waals surface area contributed by atoms with Gasteiger partial charge in [-0.1, -0.05) is 12.8 Å². The molecule has 1 atom stereocenters. The van der Waals surface area contributed by atoms with Gasteiger partial charge in [-0.15, -0.1) is 0 Å². The lowest BCUT2D eigenvalue weighted by Crippen LogP contribution is -2.23. The number of aryl methyl sites for hydroxylation is 1. The minimum absolute atomic E-state index is 0.189. The van der Waals surface area contributed by atoms with E-state index in [1.165, 1.54) is 25.7 Å². The van der Waals surface area contributed by atoms with Crippen molar-refractivity contribution in [3.63, 3.8) is 0 Å². The van der Waals surface area contributed by atoms with Crippen LogP contribution in [0.2, 0.25) is 0 Å². The van der Waals surface area contributed by atoms with Crippen molar-refractivity contribution in [3.8, 4) is 0 Å². The molecule has 1 aliphatic carbocycles. The van der Waals surface area contributed by atoms with Crippen LogP contribution in [0, 0.1) is 23.0 Å². The van der Waals surface area contributed by atoms with Crippen molar-refractivity contribution in [3.05, 3.63) is 33.9 Å². The Hall–Kier alpha value is -1.58. The average Bonchev–Trinajstić information content (AvgIpc) is 2.81. The van der Waals surface area contributed by atoms with Gasteiger partial charge in [0.1, 0.15) is 0 Å². The fraction of sp³-hybridized carbons (Fsp3) is 0.571. The monoisotopic (exact) mass is 248 g/mol. The van der Waals surface area contributed by atoms with E-state index in [1.54, 1.807) is 19.1 Å². The molecule has 1 aliphatic rings. The van der Waals surface area contributed by atoms with Gasteiger partial charge in [0.05, 0.1) is 4.92 Å². The summed E-state index contributed by atoms with van der Waals surface area (Å²) in [6.45, 7) is 3.98. The summed E-state index contributed by atoms with van der Waals surface area (Å²) in [6, 6.07) is 5.69. The van der Waals surface area contributed by atoms with Crippen molar-refractivity contribution in [1.82, 2.24) is 0 Å². The highest BCUT2D eigenvalue weighted by molar-refractivity contribution is 5.54. The van der Waals surface area contributed by atoms with E-state index in [-0.39, 0.29) is 10.6 Å². The lowest BCUT2D eigenvalue weighted by atomic mass is 9.99. The van der Waals surface area contributed by atoms with Gasteiger partial charge < -0.3 is 5.32 Å². The number of anilines is 1. The molecule has 0 aliphatic heterocycles. The molecule has 4 heteroatoms. The van der Waals surface area contributed by atoms with Crippen LogP contribution in [0.5, 0.6) is 0 Å². The number of hydrogen-bond donors (Lipinski definition) is 1. The molecule has 2 rings (SSSR count). The van der Waals surface area contributed by atoms with E-state index >= 15 is 0 Å². The molecule has 18 heavy (non-hydrogen) atoms. The Bertz CT molecular complexity index is 439. The van der Waals surface area contributed by atoms with E-state index in [4.69, 9.17) is 0 Å². The molecule has 1 aromatic carbocycles. The van der Waals surface area contributed by atoms with Gasteiger partial charge in [-0.3, -0.25) is 10.1 Å². The molecule has 1 aromatic rings. The van der Waals surface area contributed by atoms with Gasteiger partial charge in [0.2, 0.25) is 0 Å². The second-order valence-electron chi connectivity index (χ2n) is 5.24. The first-order valence-electron chi connectivity index (χ1n) is 6.59. The smallest absolute Gasteiger partial charge is 0.272 e. The summed E-state index contributed by atoms with van der Waals surface area (Å²) in [6.07, 6.45) is 5.24. The van der Waals surface area contributed by atoms with Gasteiger partial charge in [-0.05, 0) is 44.7 Å². The second-order valence-corrected chi connectivity index (χ2v) is 5.24. The van der Waals surface area contributed by atoms with E-state index in [9.17, 15) is 10.1 Å². The van der Waals surface area contributed by atoms with Crippen LogP contribution in [0.15, 0.2) is 18.2 Å². The van der Waals surface area contributed by atoms with Crippen molar-refractivity contribution in [2.45, 2.75) is 45.6 Å². The summed E-state index contributed by atoms with van der Waals surface area (Å²) in [5.74, 6) is 0.737. The molecule has 0 amide bonds. The van der Waals surface area contributed by atoms with Crippen molar-refractivity contribution in [2.24, 2.45) is 5.92 Å². The zero-order chi connectivity index (χ0) is 13.1. The number of nitrogens with one attached hydrogen (secondary N) is 1. The fourth-order valence-corrected chi connectivity index (χ4v) is 2.79. The third-order valence-electron chi connectivity index (χ3n) is 3.89.